The SMILES string of the molecule is CCn1ncc2c1CCC[C@H]2N[C@@H]1CCN(c2ccccc2F)C1=O. The molecule has 0 bridgehead atoms. The van der Waals surface area contributed by atoms with Gasteiger partial charge in [0.1, 0.15) is 5.82 Å². The van der Waals surface area contributed by atoms with Gasteiger partial charge in [0, 0.05) is 30.4 Å². The Morgan fingerprint density at radius 2 is 2.12 bits per heavy atom. The van der Waals surface area contributed by atoms with Crippen molar-refractivity contribution in [1.82, 2.24) is 15.1 Å². The van der Waals surface area contributed by atoms with Crippen molar-refractivity contribution < 1.29 is 9.18 Å². The predicted octanol–water partition coefficient (Wildman–Crippen LogP) is 2.81. The first-order valence-corrected chi connectivity index (χ1v) is 9.05. The van der Waals surface area contributed by atoms with E-state index >= 15 is 0 Å². The molecule has 1 aromatic carbocycles. The van der Waals surface area contributed by atoms with Crippen LogP contribution in [-0.2, 0) is 17.8 Å². The normalized spacial score (nSPS) is 23.1. The number of amides is 1. The second-order valence-electron chi connectivity index (χ2n) is 6.76. The Kier molecular flexibility index (Phi) is 4.29. The van der Waals surface area contributed by atoms with Gasteiger partial charge in [0.25, 0.3) is 0 Å². The lowest BCUT2D eigenvalue weighted by atomic mass is 9.92. The van der Waals surface area contributed by atoms with Crippen LogP contribution in [0.15, 0.2) is 30.5 Å². The lowest BCUT2D eigenvalue weighted by Crippen LogP contribution is -2.41. The van der Waals surface area contributed by atoms with E-state index in [-0.39, 0.29) is 23.8 Å². The van der Waals surface area contributed by atoms with Crippen molar-refractivity contribution in [2.45, 2.75) is 51.2 Å². The largest absolute Gasteiger partial charge is 0.308 e. The summed E-state index contributed by atoms with van der Waals surface area (Å²) in [5.41, 5.74) is 2.87. The van der Waals surface area contributed by atoms with Gasteiger partial charge >= 0.3 is 0 Å². The Hall–Kier alpha value is -2.21. The minimum Gasteiger partial charge on any atom is -0.308 e. The summed E-state index contributed by atoms with van der Waals surface area (Å²) in [4.78, 5) is 14.3. The molecular formula is C19H23FN4O. The van der Waals surface area contributed by atoms with Crippen LogP contribution in [0.1, 0.15) is 43.5 Å². The number of rotatable bonds is 4. The Morgan fingerprint density at radius 3 is 2.92 bits per heavy atom. The number of halogens is 1. The summed E-state index contributed by atoms with van der Waals surface area (Å²) in [6.07, 6.45) is 5.77. The van der Waals surface area contributed by atoms with E-state index in [1.807, 2.05) is 10.9 Å². The molecule has 1 aliphatic heterocycles. The third-order valence-corrected chi connectivity index (χ3v) is 5.31. The van der Waals surface area contributed by atoms with E-state index in [4.69, 9.17) is 0 Å². The monoisotopic (exact) mass is 342 g/mol. The maximum absolute atomic E-state index is 14.0. The molecule has 1 fully saturated rings. The summed E-state index contributed by atoms with van der Waals surface area (Å²) in [7, 11) is 0. The van der Waals surface area contributed by atoms with Crippen LogP contribution in [0, 0.1) is 5.82 Å². The first-order valence-electron chi connectivity index (χ1n) is 9.05. The van der Waals surface area contributed by atoms with Gasteiger partial charge in [0.2, 0.25) is 5.91 Å². The van der Waals surface area contributed by atoms with Crippen LogP contribution in [-0.4, -0.2) is 28.3 Å². The highest BCUT2D eigenvalue weighted by molar-refractivity contribution is 5.99. The van der Waals surface area contributed by atoms with Crippen LogP contribution < -0.4 is 10.2 Å². The first-order chi connectivity index (χ1) is 12.2. The zero-order valence-corrected chi connectivity index (χ0v) is 14.4. The van der Waals surface area contributed by atoms with Crippen molar-refractivity contribution in [2.75, 3.05) is 11.4 Å². The lowest BCUT2D eigenvalue weighted by molar-refractivity contribution is -0.119. The van der Waals surface area contributed by atoms with E-state index in [0.717, 1.165) is 25.8 Å². The summed E-state index contributed by atoms with van der Waals surface area (Å²) < 4.78 is 16.1. The fourth-order valence-corrected chi connectivity index (χ4v) is 4.05. The van der Waals surface area contributed by atoms with E-state index in [9.17, 15) is 9.18 Å². The number of aryl methyl sites for hydroxylation is 1. The number of benzene rings is 1. The second kappa shape index (κ2) is 6.59. The predicted molar refractivity (Wildman–Crippen MR) is 93.9 cm³/mol. The minimum atomic E-state index is -0.347. The zero-order chi connectivity index (χ0) is 17.4. The molecule has 4 rings (SSSR count). The van der Waals surface area contributed by atoms with Crippen molar-refractivity contribution in [3.63, 3.8) is 0 Å². The van der Waals surface area contributed by atoms with Gasteiger partial charge in [-0.25, -0.2) is 4.39 Å². The van der Waals surface area contributed by atoms with Gasteiger partial charge in [0.15, 0.2) is 0 Å². The summed E-state index contributed by atoms with van der Waals surface area (Å²) in [5, 5.41) is 7.98. The van der Waals surface area contributed by atoms with Gasteiger partial charge < -0.3 is 4.90 Å². The topological polar surface area (TPSA) is 50.2 Å². The highest BCUT2D eigenvalue weighted by Crippen LogP contribution is 2.32. The number of hydrogen-bond donors (Lipinski definition) is 1. The van der Waals surface area contributed by atoms with E-state index in [1.54, 1.807) is 23.1 Å². The average Bonchev–Trinajstić information content (AvgIpc) is 3.20. The van der Waals surface area contributed by atoms with Gasteiger partial charge in [-0.1, -0.05) is 12.1 Å². The van der Waals surface area contributed by atoms with Crippen LogP contribution in [0.2, 0.25) is 0 Å². The highest BCUT2D eigenvalue weighted by atomic mass is 19.1. The Morgan fingerprint density at radius 1 is 1.28 bits per heavy atom. The number of hydrogen-bond acceptors (Lipinski definition) is 3. The quantitative estimate of drug-likeness (QED) is 0.929. The van der Waals surface area contributed by atoms with Crippen molar-refractivity contribution in [1.29, 1.82) is 0 Å². The maximum atomic E-state index is 14.0. The lowest BCUT2D eigenvalue weighted by Gasteiger charge is -2.27. The molecule has 0 unspecified atom stereocenters. The summed E-state index contributed by atoms with van der Waals surface area (Å²) in [6.45, 7) is 3.51. The average molecular weight is 342 g/mol. The van der Waals surface area contributed by atoms with Crippen molar-refractivity contribution in [2.24, 2.45) is 0 Å². The molecule has 1 N–H and O–H groups in total. The molecule has 2 atom stereocenters. The molecule has 132 valence electrons. The summed E-state index contributed by atoms with van der Waals surface area (Å²) in [6, 6.07) is 6.36. The number of nitrogens with zero attached hydrogens (tertiary/aromatic N) is 3. The standard InChI is InChI=1S/C19H23FN4O/c1-2-24-17-9-5-7-15(13(17)12-21-24)22-16-10-11-23(19(16)25)18-8-4-3-6-14(18)20/h3-4,6,8,12,15-16,22H,2,5,7,9-11H2,1H3/t15-,16-/m1/s1. The number of carbonyl (C=O) groups excluding carboxylic acids is 1. The summed E-state index contributed by atoms with van der Waals surface area (Å²) in [5.74, 6) is -0.388. The molecule has 5 nitrogen and oxygen atoms in total. The molecule has 1 amide bonds. The number of carbonyl (C=O) groups is 1. The number of aromatic nitrogens is 2. The molecule has 2 aromatic rings. The van der Waals surface area contributed by atoms with Gasteiger partial charge in [-0.3, -0.25) is 14.8 Å². The molecule has 0 spiro atoms. The third kappa shape index (κ3) is 2.84. The molecule has 2 heterocycles. The molecular weight excluding hydrogens is 319 g/mol. The summed E-state index contributed by atoms with van der Waals surface area (Å²) >= 11 is 0. The van der Waals surface area contributed by atoms with Gasteiger partial charge in [0.05, 0.1) is 17.9 Å². The van der Waals surface area contributed by atoms with E-state index in [1.165, 1.54) is 17.3 Å². The van der Waals surface area contributed by atoms with Gasteiger partial charge in [-0.2, -0.15) is 5.10 Å². The number of nitrogens with one attached hydrogen (secondary N) is 1. The molecule has 2 aliphatic rings. The molecule has 0 saturated carbocycles. The fraction of sp³-hybridized carbons (Fsp3) is 0.474. The molecule has 0 radical (unpaired) electrons. The molecule has 1 aliphatic carbocycles. The molecule has 1 saturated heterocycles. The number of fused-ring (bicyclic) bond motifs is 1. The van der Waals surface area contributed by atoms with Crippen LogP contribution in [0.4, 0.5) is 10.1 Å². The molecule has 6 heteroatoms. The zero-order valence-electron chi connectivity index (χ0n) is 14.4. The van der Waals surface area contributed by atoms with Crippen LogP contribution in [0.3, 0.4) is 0 Å². The van der Waals surface area contributed by atoms with Gasteiger partial charge in [-0.15, -0.1) is 0 Å². The first kappa shape index (κ1) is 16.3. The van der Waals surface area contributed by atoms with E-state index < -0.39 is 0 Å². The molecule has 1 aromatic heterocycles. The van der Waals surface area contributed by atoms with Crippen LogP contribution >= 0.6 is 0 Å². The molecule has 25 heavy (non-hydrogen) atoms. The van der Waals surface area contributed by atoms with Gasteiger partial charge in [-0.05, 0) is 44.7 Å². The van der Waals surface area contributed by atoms with Crippen molar-refractivity contribution >= 4 is 11.6 Å². The highest BCUT2D eigenvalue weighted by Gasteiger charge is 2.36. The Labute approximate surface area is 146 Å². The third-order valence-electron chi connectivity index (χ3n) is 5.31. The van der Waals surface area contributed by atoms with Crippen molar-refractivity contribution in [3.05, 3.63) is 47.5 Å². The second-order valence-corrected chi connectivity index (χ2v) is 6.76. The van der Waals surface area contributed by atoms with Crippen LogP contribution in [0.25, 0.3) is 0 Å². The smallest absolute Gasteiger partial charge is 0.244 e. The van der Waals surface area contributed by atoms with E-state index in [0.29, 0.717) is 18.7 Å². The number of anilines is 1. The fourth-order valence-electron chi connectivity index (χ4n) is 4.05. The maximum Gasteiger partial charge on any atom is 0.244 e. The van der Waals surface area contributed by atoms with E-state index in [2.05, 4.69) is 17.3 Å². The van der Waals surface area contributed by atoms with Crippen molar-refractivity contribution in [3.8, 4) is 0 Å². The number of para-hydroxylation sites is 1. The Bertz CT molecular complexity index is 787. The van der Waals surface area contributed by atoms with Crippen LogP contribution in [0.5, 0.6) is 0 Å². The Balaban J connectivity index is 1.51. The minimum absolute atomic E-state index is 0.0416.